The number of nitro groups is 1. The van der Waals surface area contributed by atoms with Crippen molar-refractivity contribution in [2.45, 2.75) is 0 Å². The van der Waals surface area contributed by atoms with E-state index in [1.165, 1.54) is 23.5 Å². The van der Waals surface area contributed by atoms with Crippen LogP contribution >= 0.6 is 11.3 Å². The van der Waals surface area contributed by atoms with Crippen molar-refractivity contribution in [3.8, 4) is 21.8 Å². The lowest BCUT2D eigenvalue weighted by Gasteiger charge is -1.99. The first-order chi connectivity index (χ1) is 10.5. The summed E-state index contributed by atoms with van der Waals surface area (Å²) in [5, 5.41) is 12.8. The molecule has 3 rings (SSSR count). The first-order valence-electron chi connectivity index (χ1n) is 6.20. The third-order valence-electron chi connectivity index (χ3n) is 3.03. The molecule has 22 heavy (non-hydrogen) atoms. The third-order valence-corrected chi connectivity index (χ3v) is 3.92. The molecule has 0 atom stereocenters. The van der Waals surface area contributed by atoms with Crippen LogP contribution in [0.3, 0.4) is 0 Å². The Morgan fingerprint density at radius 3 is 2.50 bits per heavy atom. The van der Waals surface area contributed by atoms with E-state index < -0.39 is 16.6 Å². The Labute approximate surface area is 127 Å². The summed E-state index contributed by atoms with van der Waals surface area (Å²) in [6.07, 6.45) is 0. The van der Waals surface area contributed by atoms with E-state index in [-0.39, 0.29) is 11.3 Å². The molecule has 3 aromatic rings. The summed E-state index contributed by atoms with van der Waals surface area (Å²) in [6, 6.07) is 9.08. The second-order valence-corrected chi connectivity index (χ2v) is 5.32. The van der Waals surface area contributed by atoms with Gasteiger partial charge in [-0.1, -0.05) is 0 Å². The van der Waals surface area contributed by atoms with Gasteiger partial charge in [-0.25, -0.2) is 13.8 Å². The van der Waals surface area contributed by atoms with Gasteiger partial charge in [0.05, 0.1) is 10.6 Å². The highest BCUT2D eigenvalue weighted by molar-refractivity contribution is 7.13. The van der Waals surface area contributed by atoms with Crippen molar-refractivity contribution in [2.75, 3.05) is 0 Å². The standard InChI is InChI=1S/C15H8F2N2O2S/c16-10-3-6-13(17)12(7-10)14-8-22-15(18-14)9-1-4-11(5-2-9)19(20)21/h1-8H. The molecular weight excluding hydrogens is 310 g/mol. The van der Waals surface area contributed by atoms with Crippen molar-refractivity contribution < 1.29 is 13.7 Å². The maximum atomic E-state index is 13.7. The van der Waals surface area contributed by atoms with Crippen LogP contribution in [0.4, 0.5) is 14.5 Å². The number of non-ortho nitro benzene ring substituents is 1. The summed E-state index contributed by atoms with van der Waals surface area (Å²) < 4.78 is 27.0. The Morgan fingerprint density at radius 2 is 1.82 bits per heavy atom. The Morgan fingerprint density at radius 1 is 1.09 bits per heavy atom. The Hall–Kier alpha value is -2.67. The van der Waals surface area contributed by atoms with Gasteiger partial charge in [0.2, 0.25) is 0 Å². The molecule has 4 nitrogen and oxygen atoms in total. The van der Waals surface area contributed by atoms with Crippen molar-refractivity contribution in [1.29, 1.82) is 0 Å². The van der Waals surface area contributed by atoms with E-state index in [4.69, 9.17) is 0 Å². The Balaban J connectivity index is 1.96. The number of hydrogen-bond acceptors (Lipinski definition) is 4. The molecule has 1 aromatic heterocycles. The van der Waals surface area contributed by atoms with Gasteiger partial charge in [-0.2, -0.15) is 0 Å². The number of benzene rings is 2. The fourth-order valence-corrected chi connectivity index (χ4v) is 2.78. The zero-order valence-electron chi connectivity index (χ0n) is 11.0. The fraction of sp³-hybridized carbons (Fsp3) is 0. The third kappa shape index (κ3) is 2.71. The molecule has 0 radical (unpaired) electrons. The van der Waals surface area contributed by atoms with Gasteiger partial charge in [-0.15, -0.1) is 11.3 Å². The number of nitrogens with zero attached hydrogens (tertiary/aromatic N) is 2. The Kier molecular flexibility index (Phi) is 3.64. The molecule has 7 heteroatoms. The van der Waals surface area contributed by atoms with E-state index in [1.807, 2.05) is 0 Å². The van der Waals surface area contributed by atoms with Crippen LogP contribution in [-0.4, -0.2) is 9.91 Å². The molecule has 0 aliphatic carbocycles. The molecule has 0 amide bonds. The normalized spacial score (nSPS) is 10.6. The van der Waals surface area contributed by atoms with Crippen molar-refractivity contribution in [3.05, 3.63) is 69.6 Å². The fourth-order valence-electron chi connectivity index (χ4n) is 1.95. The molecule has 0 aliphatic heterocycles. The molecule has 110 valence electrons. The van der Waals surface area contributed by atoms with Crippen molar-refractivity contribution in [3.63, 3.8) is 0 Å². The molecule has 1 heterocycles. The highest BCUT2D eigenvalue weighted by Gasteiger charge is 2.12. The molecule has 0 fully saturated rings. The van der Waals surface area contributed by atoms with Crippen LogP contribution in [0.25, 0.3) is 21.8 Å². The molecule has 0 saturated heterocycles. The van der Waals surface area contributed by atoms with E-state index in [2.05, 4.69) is 4.98 Å². The first-order valence-corrected chi connectivity index (χ1v) is 7.08. The summed E-state index contributed by atoms with van der Waals surface area (Å²) in [5.41, 5.74) is 1.08. The zero-order valence-corrected chi connectivity index (χ0v) is 11.8. The zero-order chi connectivity index (χ0) is 15.7. The average molecular weight is 318 g/mol. The van der Waals surface area contributed by atoms with Crippen LogP contribution in [0.2, 0.25) is 0 Å². The molecule has 2 aromatic carbocycles. The number of hydrogen-bond donors (Lipinski definition) is 0. The predicted octanol–water partition coefficient (Wildman–Crippen LogP) is 4.66. The lowest BCUT2D eigenvalue weighted by atomic mass is 10.1. The summed E-state index contributed by atoms with van der Waals surface area (Å²) in [7, 11) is 0. The maximum Gasteiger partial charge on any atom is 0.269 e. The highest BCUT2D eigenvalue weighted by atomic mass is 32.1. The van der Waals surface area contributed by atoms with Crippen LogP contribution in [0.5, 0.6) is 0 Å². The second-order valence-electron chi connectivity index (χ2n) is 4.47. The second kappa shape index (κ2) is 5.61. The van der Waals surface area contributed by atoms with E-state index in [1.54, 1.807) is 17.5 Å². The first kappa shape index (κ1) is 14.3. The molecular formula is C15H8F2N2O2S. The quantitative estimate of drug-likeness (QED) is 0.521. The van der Waals surface area contributed by atoms with Gasteiger partial charge in [0.15, 0.2) is 0 Å². The smallest absolute Gasteiger partial charge is 0.258 e. The van der Waals surface area contributed by atoms with Crippen molar-refractivity contribution in [2.24, 2.45) is 0 Å². The SMILES string of the molecule is O=[N+]([O-])c1ccc(-c2nc(-c3cc(F)ccc3F)cs2)cc1. The molecule has 0 saturated carbocycles. The van der Waals surface area contributed by atoms with Crippen LogP contribution in [0.15, 0.2) is 47.8 Å². The molecule has 0 spiro atoms. The van der Waals surface area contributed by atoms with E-state index in [0.717, 1.165) is 18.2 Å². The number of aromatic nitrogens is 1. The minimum absolute atomic E-state index is 0.0169. The van der Waals surface area contributed by atoms with Gasteiger partial charge in [-0.05, 0) is 30.3 Å². The summed E-state index contributed by atoms with van der Waals surface area (Å²) in [6.45, 7) is 0. The lowest BCUT2D eigenvalue weighted by molar-refractivity contribution is -0.384. The van der Waals surface area contributed by atoms with Gasteiger partial charge in [0.25, 0.3) is 5.69 Å². The predicted molar refractivity (Wildman–Crippen MR) is 79.6 cm³/mol. The summed E-state index contributed by atoms with van der Waals surface area (Å²) >= 11 is 1.26. The van der Waals surface area contributed by atoms with Gasteiger partial charge in [0.1, 0.15) is 16.6 Å². The summed E-state index contributed by atoms with van der Waals surface area (Å²) in [4.78, 5) is 14.4. The number of rotatable bonds is 3. The van der Waals surface area contributed by atoms with E-state index in [9.17, 15) is 18.9 Å². The minimum atomic E-state index is -0.554. The largest absolute Gasteiger partial charge is 0.269 e. The van der Waals surface area contributed by atoms with E-state index >= 15 is 0 Å². The molecule has 0 aliphatic rings. The van der Waals surface area contributed by atoms with E-state index in [0.29, 0.717) is 16.3 Å². The number of nitro benzene ring substituents is 1. The average Bonchev–Trinajstić information content (AvgIpc) is 2.99. The molecule has 0 unspecified atom stereocenters. The monoisotopic (exact) mass is 318 g/mol. The summed E-state index contributed by atoms with van der Waals surface area (Å²) in [5.74, 6) is -1.09. The van der Waals surface area contributed by atoms with Gasteiger partial charge >= 0.3 is 0 Å². The van der Waals surface area contributed by atoms with Gasteiger partial charge in [0, 0.05) is 28.6 Å². The van der Waals surface area contributed by atoms with Crippen molar-refractivity contribution >= 4 is 17.0 Å². The van der Waals surface area contributed by atoms with Crippen LogP contribution in [0.1, 0.15) is 0 Å². The maximum absolute atomic E-state index is 13.7. The van der Waals surface area contributed by atoms with Gasteiger partial charge < -0.3 is 0 Å². The Bertz CT molecular complexity index is 847. The van der Waals surface area contributed by atoms with Crippen LogP contribution in [-0.2, 0) is 0 Å². The minimum Gasteiger partial charge on any atom is -0.258 e. The topological polar surface area (TPSA) is 56.0 Å². The lowest BCUT2D eigenvalue weighted by Crippen LogP contribution is -1.88. The van der Waals surface area contributed by atoms with Gasteiger partial charge in [-0.3, -0.25) is 10.1 Å². The molecule has 0 bridgehead atoms. The van der Waals surface area contributed by atoms with Crippen LogP contribution < -0.4 is 0 Å². The van der Waals surface area contributed by atoms with Crippen LogP contribution in [0, 0.1) is 21.7 Å². The number of halogens is 2. The molecule has 0 N–H and O–H groups in total. The number of thiazole rings is 1. The van der Waals surface area contributed by atoms with Crippen molar-refractivity contribution in [1.82, 2.24) is 4.98 Å². The highest BCUT2D eigenvalue weighted by Crippen LogP contribution is 2.31.